The fraction of sp³-hybridized carbons (Fsp3) is 0.217. The highest BCUT2D eigenvalue weighted by molar-refractivity contribution is 7.10. The fourth-order valence-corrected chi connectivity index (χ4v) is 4.77. The van der Waals surface area contributed by atoms with E-state index in [0.717, 1.165) is 47.7 Å². The largest absolute Gasteiger partial charge is 0.365 e. The molecule has 0 unspecified atom stereocenters. The molecule has 0 aliphatic carbocycles. The number of aromatic nitrogens is 2. The van der Waals surface area contributed by atoms with Crippen LogP contribution >= 0.6 is 11.3 Å². The molecule has 1 amide bonds. The van der Waals surface area contributed by atoms with Crippen LogP contribution in [-0.2, 0) is 24.2 Å². The van der Waals surface area contributed by atoms with Crippen molar-refractivity contribution in [3.05, 3.63) is 76.2 Å². The first-order chi connectivity index (χ1) is 14.3. The number of nitrogens with one attached hydrogen (secondary N) is 2. The van der Waals surface area contributed by atoms with Crippen molar-refractivity contribution in [3.63, 3.8) is 0 Å². The second-order valence-corrected chi connectivity index (χ2v) is 8.31. The first-order valence-corrected chi connectivity index (χ1v) is 10.8. The molecule has 0 radical (unpaired) electrons. The Morgan fingerprint density at radius 3 is 2.93 bits per heavy atom. The van der Waals surface area contributed by atoms with Gasteiger partial charge in [-0.25, -0.2) is 4.98 Å². The minimum Gasteiger partial charge on any atom is -0.365 e. The van der Waals surface area contributed by atoms with E-state index in [2.05, 4.69) is 37.7 Å². The van der Waals surface area contributed by atoms with Gasteiger partial charge >= 0.3 is 0 Å². The Bertz CT molecular complexity index is 1130. The predicted molar refractivity (Wildman–Crippen MR) is 119 cm³/mol. The minimum absolute atomic E-state index is 0.00568. The number of carbonyl (C=O) groups is 1. The molecular formula is C23H22N4OS. The molecule has 29 heavy (non-hydrogen) atoms. The molecule has 2 N–H and O–H groups in total. The van der Waals surface area contributed by atoms with Crippen LogP contribution in [0.2, 0.25) is 0 Å². The zero-order valence-corrected chi connectivity index (χ0v) is 16.8. The van der Waals surface area contributed by atoms with Crippen molar-refractivity contribution in [2.75, 3.05) is 16.8 Å². The number of anilines is 2. The molecule has 1 aliphatic rings. The van der Waals surface area contributed by atoms with E-state index in [4.69, 9.17) is 0 Å². The molecule has 2 aromatic carbocycles. The van der Waals surface area contributed by atoms with Crippen molar-refractivity contribution in [1.29, 1.82) is 0 Å². The van der Waals surface area contributed by atoms with Crippen molar-refractivity contribution >= 4 is 39.7 Å². The van der Waals surface area contributed by atoms with Gasteiger partial charge in [0.05, 0.1) is 22.4 Å². The van der Waals surface area contributed by atoms with E-state index in [1.807, 2.05) is 53.8 Å². The van der Waals surface area contributed by atoms with Crippen LogP contribution in [0, 0.1) is 0 Å². The van der Waals surface area contributed by atoms with Crippen molar-refractivity contribution in [3.8, 4) is 0 Å². The quantitative estimate of drug-likeness (QED) is 0.506. The predicted octanol–water partition coefficient (Wildman–Crippen LogP) is 4.76. The molecule has 0 fully saturated rings. The first-order valence-electron chi connectivity index (χ1n) is 9.89. The molecule has 3 heterocycles. The molecule has 0 atom stereocenters. The van der Waals surface area contributed by atoms with Crippen LogP contribution in [0.3, 0.4) is 0 Å². The summed E-state index contributed by atoms with van der Waals surface area (Å²) >= 11 is 1.84. The maximum absolute atomic E-state index is 12.6. The molecule has 1 aliphatic heterocycles. The standard InChI is InChI=1S/C23H22N4OS/c28-23(10-9-22-24-17-5-1-2-6-18(17)25-22)26-19-7-3-4-8-20(19)27-13-11-21-16(15-27)12-14-29-21/h1-8,12,14H,9-11,13,15H2,(H,24,25)(H,26,28). The van der Waals surface area contributed by atoms with Crippen LogP contribution in [0.4, 0.5) is 11.4 Å². The average Bonchev–Trinajstić information content (AvgIpc) is 3.38. The maximum Gasteiger partial charge on any atom is 0.224 e. The number of aryl methyl sites for hydroxylation is 1. The molecule has 5 nitrogen and oxygen atoms in total. The minimum atomic E-state index is 0.00568. The number of amides is 1. The summed E-state index contributed by atoms with van der Waals surface area (Å²) in [5, 5.41) is 5.28. The molecule has 0 spiro atoms. The van der Waals surface area contributed by atoms with Crippen LogP contribution in [0.15, 0.2) is 60.0 Å². The lowest BCUT2D eigenvalue weighted by atomic mass is 10.1. The molecular weight excluding hydrogens is 380 g/mol. The molecule has 0 saturated carbocycles. The van der Waals surface area contributed by atoms with Crippen LogP contribution < -0.4 is 10.2 Å². The van der Waals surface area contributed by atoms with Gasteiger partial charge in [-0.1, -0.05) is 24.3 Å². The lowest BCUT2D eigenvalue weighted by molar-refractivity contribution is -0.116. The first kappa shape index (κ1) is 17.9. The van der Waals surface area contributed by atoms with E-state index >= 15 is 0 Å². The summed E-state index contributed by atoms with van der Waals surface area (Å²) in [6.45, 7) is 1.87. The Labute approximate surface area is 173 Å². The van der Waals surface area contributed by atoms with Gasteiger partial charge in [0.1, 0.15) is 5.82 Å². The van der Waals surface area contributed by atoms with Gasteiger partial charge in [0.15, 0.2) is 0 Å². The third kappa shape index (κ3) is 3.76. The third-order valence-electron chi connectivity index (χ3n) is 5.35. The number of H-pyrrole nitrogens is 1. The monoisotopic (exact) mass is 402 g/mol. The molecule has 4 aromatic rings. The summed E-state index contributed by atoms with van der Waals surface area (Å²) in [6.07, 6.45) is 2.04. The number of hydrogen-bond acceptors (Lipinski definition) is 4. The number of aromatic amines is 1. The van der Waals surface area contributed by atoms with Gasteiger partial charge in [-0.2, -0.15) is 0 Å². The Kier molecular flexibility index (Phi) is 4.77. The number of para-hydroxylation sites is 4. The number of carbonyl (C=O) groups excluding carboxylic acids is 1. The number of nitrogens with zero attached hydrogens (tertiary/aromatic N) is 2. The highest BCUT2D eigenvalue weighted by atomic mass is 32.1. The lowest BCUT2D eigenvalue weighted by Crippen LogP contribution is -2.30. The third-order valence-corrected chi connectivity index (χ3v) is 6.38. The van der Waals surface area contributed by atoms with Crippen molar-refractivity contribution in [2.45, 2.75) is 25.8 Å². The summed E-state index contributed by atoms with van der Waals surface area (Å²) in [4.78, 5) is 24.3. The van der Waals surface area contributed by atoms with Crippen LogP contribution in [-0.4, -0.2) is 22.4 Å². The lowest BCUT2D eigenvalue weighted by Gasteiger charge is -2.30. The zero-order valence-electron chi connectivity index (χ0n) is 16.0. The van der Waals surface area contributed by atoms with Gasteiger partial charge in [-0.15, -0.1) is 11.3 Å². The van der Waals surface area contributed by atoms with Gasteiger partial charge in [-0.05, 0) is 47.7 Å². The molecule has 0 bridgehead atoms. The van der Waals surface area contributed by atoms with Gasteiger partial charge in [0.25, 0.3) is 0 Å². The SMILES string of the molecule is O=C(CCc1nc2ccccc2[nH]1)Nc1ccccc1N1CCc2sccc2C1. The summed E-state index contributed by atoms with van der Waals surface area (Å²) in [5.74, 6) is 0.849. The summed E-state index contributed by atoms with van der Waals surface area (Å²) in [5.41, 5.74) is 5.30. The van der Waals surface area contributed by atoms with Gasteiger partial charge < -0.3 is 15.2 Å². The Balaban J connectivity index is 1.26. The van der Waals surface area contributed by atoms with Gasteiger partial charge in [-0.3, -0.25) is 4.79 Å². The Morgan fingerprint density at radius 1 is 1.14 bits per heavy atom. The van der Waals surface area contributed by atoms with E-state index in [1.165, 1.54) is 10.4 Å². The summed E-state index contributed by atoms with van der Waals surface area (Å²) in [6, 6.07) is 18.2. The molecule has 5 rings (SSSR count). The summed E-state index contributed by atoms with van der Waals surface area (Å²) in [7, 11) is 0. The van der Waals surface area contributed by atoms with E-state index < -0.39 is 0 Å². The number of benzene rings is 2. The zero-order chi connectivity index (χ0) is 19.6. The smallest absolute Gasteiger partial charge is 0.224 e. The highest BCUT2D eigenvalue weighted by Crippen LogP contribution is 2.32. The fourth-order valence-electron chi connectivity index (χ4n) is 3.88. The van der Waals surface area contributed by atoms with Gasteiger partial charge in [0, 0.05) is 30.8 Å². The van der Waals surface area contributed by atoms with E-state index in [1.54, 1.807) is 0 Å². The number of hydrogen-bond donors (Lipinski definition) is 2. The van der Waals surface area contributed by atoms with E-state index in [0.29, 0.717) is 12.8 Å². The summed E-state index contributed by atoms with van der Waals surface area (Å²) < 4.78 is 0. The number of imidazole rings is 1. The Morgan fingerprint density at radius 2 is 2.00 bits per heavy atom. The topological polar surface area (TPSA) is 61.0 Å². The second kappa shape index (κ2) is 7.72. The van der Waals surface area contributed by atoms with Crippen LogP contribution in [0.25, 0.3) is 11.0 Å². The van der Waals surface area contributed by atoms with Crippen LogP contribution in [0.1, 0.15) is 22.7 Å². The van der Waals surface area contributed by atoms with Crippen molar-refractivity contribution in [2.24, 2.45) is 0 Å². The van der Waals surface area contributed by atoms with Crippen molar-refractivity contribution in [1.82, 2.24) is 9.97 Å². The average molecular weight is 403 g/mol. The molecule has 2 aromatic heterocycles. The highest BCUT2D eigenvalue weighted by Gasteiger charge is 2.20. The van der Waals surface area contributed by atoms with E-state index in [9.17, 15) is 4.79 Å². The molecule has 6 heteroatoms. The van der Waals surface area contributed by atoms with Crippen molar-refractivity contribution < 1.29 is 4.79 Å². The number of thiophene rings is 1. The number of rotatable bonds is 5. The van der Waals surface area contributed by atoms with Gasteiger partial charge in [0.2, 0.25) is 5.91 Å². The Hall–Kier alpha value is -3.12. The van der Waals surface area contributed by atoms with Crippen LogP contribution in [0.5, 0.6) is 0 Å². The molecule has 146 valence electrons. The normalized spacial score (nSPS) is 13.4. The second-order valence-electron chi connectivity index (χ2n) is 7.31. The molecule has 0 saturated heterocycles. The van der Waals surface area contributed by atoms with E-state index in [-0.39, 0.29) is 5.91 Å². The number of fused-ring (bicyclic) bond motifs is 2. The maximum atomic E-state index is 12.6.